The number of anilines is 1. The molecule has 20 heavy (non-hydrogen) atoms. The van der Waals surface area contributed by atoms with Crippen LogP contribution in [0.25, 0.3) is 23.5 Å². The van der Waals surface area contributed by atoms with Crippen LogP contribution in [0.1, 0.15) is 11.5 Å². The molecule has 0 spiro atoms. The Balaban J connectivity index is 1.78. The molecule has 6 heteroatoms. The minimum Gasteiger partial charge on any atom is -0.399 e. The van der Waals surface area contributed by atoms with Crippen LogP contribution in [0, 0.1) is 0 Å². The quantitative estimate of drug-likeness (QED) is 0.736. The zero-order valence-corrected chi connectivity index (χ0v) is 10.9. The number of nitrogen functional groups attached to an aromatic ring is 1. The van der Waals surface area contributed by atoms with Crippen molar-refractivity contribution >= 4 is 17.8 Å². The number of hydrogen-bond donors (Lipinski definition) is 1. The third-order valence-electron chi connectivity index (χ3n) is 2.76. The predicted octanol–water partition coefficient (Wildman–Crippen LogP) is 2.22. The van der Waals surface area contributed by atoms with E-state index in [1.807, 2.05) is 43.6 Å². The van der Waals surface area contributed by atoms with E-state index in [4.69, 9.17) is 10.3 Å². The first-order chi connectivity index (χ1) is 9.70. The molecule has 0 aliphatic heterocycles. The van der Waals surface area contributed by atoms with Crippen LogP contribution >= 0.6 is 0 Å². The summed E-state index contributed by atoms with van der Waals surface area (Å²) in [5.41, 5.74) is 8.20. The summed E-state index contributed by atoms with van der Waals surface area (Å²) < 4.78 is 6.85. The summed E-state index contributed by atoms with van der Waals surface area (Å²) in [7, 11) is 1.84. The Bertz CT molecular complexity index is 739. The fraction of sp³-hybridized carbons (Fsp3) is 0.0714. The van der Waals surface area contributed by atoms with Crippen LogP contribution in [0.3, 0.4) is 0 Å². The van der Waals surface area contributed by atoms with E-state index in [2.05, 4.69) is 15.2 Å². The van der Waals surface area contributed by atoms with Crippen LogP contribution < -0.4 is 5.73 Å². The lowest BCUT2D eigenvalue weighted by Crippen LogP contribution is -1.84. The van der Waals surface area contributed by atoms with Gasteiger partial charge in [-0.15, -0.1) is 0 Å². The number of aryl methyl sites for hydroxylation is 1. The van der Waals surface area contributed by atoms with E-state index < -0.39 is 0 Å². The van der Waals surface area contributed by atoms with Crippen molar-refractivity contribution in [3.63, 3.8) is 0 Å². The molecule has 1 aromatic carbocycles. The van der Waals surface area contributed by atoms with E-state index in [1.54, 1.807) is 17.0 Å². The third-order valence-corrected chi connectivity index (χ3v) is 2.76. The van der Waals surface area contributed by atoms with Gasteiger partial charge in [-0.1, -0.05) is 17.3 Å². The van der Waals surface area contributed by atoms with Crippen LogP contribution in [0.15, 0.2) is 41.2 Å². The average molecular weight is 267 g/mol. The van der Waals surface area contributed by atoms with Gasteiger partial charge >= 0.3 is 0 Å². The maximum atomic E-state index is 5.63. The molecule has 0 unspecified atom stereocenters. The summed E-state index contributed by atoms with van der Waals surface area (Å²) in [6, 6.07) is 7.53. The minimum atomic E-state index is 0.445. The maximum absolute atomic E-state index is 5.63. The number of nitrogens with two attached hydrogens (primary N) is 1. The predicted molar refractivity (Wildman–Crippen MR) is 76.3 cm³/mol. The van der Waals surface area contributed by atoms with Gasteiger partial charge in [-0.25, -0.2) is 0 Å². The van der Waals surface area contributed by atoms with Crippen LogP contribution in [-0.4, -0.2) is 19.9 Å². The lowest BCUT2D eigenvalue weighted by Gasteiger charge is -1.93. The van der Waals surface area contributed by atoms with Crippen LogP contribution in [0.2, 0.25) is 0 Å². The van der Waals surface area contributed by atoms with Gasteiger partial charge in [0.1, 0.15) is 0 Å². The van der Waals surface area contributed by atoms with Crippen LogP contribution in [-0.2, 0) is 7.05 Å². The van der Waals surface area contributed by atoms with Gasteiger partial charge in [-0.2, -0.15) is 10.1 Å². The van der Waals surface area contributed by atoms with Gasteiger partial charge in [0.25, 0.3) is 5.89 Å². The van der Waals surface area contributed by atoms with Crippen molar-refractivity contribution in [1.82, 2.24) is 19.9 Å². The van der Waals surface area contributed by atoms with Gasteiger partial charge in [-0.3, -0.25) is 4.68 Å². The lowest BCUT2D eigenvalue weighted by atomic mass is 10.2. The second-order valence-electron chi connectivity index (χ2n) is 4.36. The molecule has 2 heterocycles. The molecule has 2 aromatic heterocycles. The number of aromatic nitrogens is 4. The molecule has 0 bridgehead atoms. The van der Waals surface area contributed by atoms with E-state index in [-0.39, 0.29) is 0 Å². The first-order valence-electron chi connectivity index (χ1n) is 6.07. The fourth-order valence-corrected chi connectivity index (χ4v) is 1.73. The first-order valence-corrected chi connectivity index (χ1v) is 6.07. The Morgan fingerprint density at radius 3 is 2.70 bits per heavy atom. The molecule has 0 atom stereocenters. The molecular weight excluding hydrogens is 254 g/mol. The van der Waals surface area contributed by atoms with Crippen LogP contribution in [0.4, 0.5) is 5.69 Å². The zero-order valence-electron chi connectivity index (χ0n) is 10.9. The van der Waals surface area contributed by atoms with E-state index >= 15 is 0 Å². The van der Waals surface area contributed by atoms with E-state index in [9.17, 15) is 0 Å². The molecule has 0 aliphatic rings. The van der Waals surface area contributed by atoms with Crippen molar-refractivity contribution < 1.29 is 4.52 Å². The highest BCUT2D eigenvalue weighted by molar-refractivity contribution is 5.67. The molecule has 0 aliphatic carbocycles. The van der Waals surface area contributed by atoms with Gasteiger partial charge in [-0.05, 0) is 23.8 Å². The second kappa shape index (κ2) is 5.00. The van der Waals surface area contributed by atoms with Gasteiger partial charge in [0.2, 0.25) is 5.82 Å². The van der Waals surface area contributed by atoms with Crippen molar-refractivity contribution in [3.05, 3.63) is 48.1 Å². The van der Waals surface area contributed by atoms with E-state index in [0.717, 1.165) is 16.8 Å². The zero-order chi connectivity index (χ0) is 13.9. The van der Waals surface area contributed by atoms with E-state index in [1.165, 1.54) is 0 Å². The summed E-state index contributed by atoms with van der Waals surface area (Å²) in [6.45, 7) is 0. The van der Waals surface area contributed by atoms with Gasteiger partial charge in [0, 0.05) is 25.0 Å². The summed E-state index contributed by atoms with van der Waals surface area (Å²) in [4.78, 5) is 4.28. The maximum Gasteiger partial charge on any atom is 0.250 e. The molecule has 2 N–H and O–H groups in total. The normalized spacial score (nSPS) is 11.2. The summed E-state index contributed by atoms with van der Waals surface area (Å²) in [6.07, 6.45) is 7.18. The highest BCUT2D eigenvalue weighted by Gasteiger charge is 2.07. The second-order valence-corrected chi connectivity index (χ2v) is 4.36. The number of nitrogens with zero attached hydrogens (tertiary/aromatic N) is 4. The average Bonchev–Trinajstić information content (AvgIpc) is 3.07. The first kappa shape index (κ1) is 12.2. The lowest BCUT2D eigenvalue weighted by molar-refractivity contribution is 0.411. The van der Waals surface area contributed by atoms with Gasteiger partial charge in [0.05, 0.1) is 11.8 Å². The molecule has 100 valence electrons. The van der Waals surface area contributed by atoms with Crippen molar-refractivity contribution in [2.45, 2.75) is 0 Å². The molecular formula is C14H13N5O. The standard InChI is InChI=1S/C14H13N5O/c1-19-9-11(8-16-19)14-17-13(20-18-14)7-4-10-2-5-12(15)6-3-10/h2-9H,15H2,1H3/b7-4+. The van der Waals surface area contributed by atoms with Crippen LogP contribution in [0.5, 0.6) is 0 Å². The molecule has 3 rings (SSSR count). The SMILES string of the molecule is Cn1cc(-c2noc(/C=C/c3ccc(N)cc3)n2)cn1. The Morgan fingerprint density at radius 2 is 2.00 bits per heavy atom. The number of hydrogen-bond acceptors (Lipinski definition) is 5. The molecule has 3 aromatic rings. The Kier molecular flexibility index (Phi) is 3.04. The Morgan fingerprint density at radius 1 is 1.20 bits per heavy atom. The van der Waals surface area contributed by atoms with Crippen molar-refractivity contribution in [2.24, 2.45) is 7.05 Å². The molecule has 0 fully saturated rings. The molecule has 6 nitrogen and oxygen atoms in total. The third kappa shape index (κ3) is 2.59. The summed E-state index contributed by atoms with van der Waals surface area (Å²) in [5, 5.41) is 7.98. The highest BCUT2D eigenvalue weighted by atomic mass is 16.5. The van der Waals surface area contributed by atoms with Gasteiger partial charge < -0.3 is 10.3 Å². The largest absolute Gasteiger partial charge is 0.399 e. The smallest absolute Gasteiger partial charge is 0.250 e. The van der Waals surface area contributed by atoms with Crippen molar-refractivity contribution in [2.75, 3.05) is 5.73 Å². The summed E-state index contributed by atoms with van der Waals surface area (Å²) >= 11 is 0. The monoisotopic (exact) mass is 267 g/mol. The minimum absolute atomic E-state index is 0.445. The highest BCUT2D eigenvalue weighted by Crippen LogP contribution is 2.15. The molecule has 0 radical (unpaired) electrons. The van der Waals surface area contributed by atoms with E-state index in [0.29, 0.717) is 11.7 Å². The Hall–Kier alpha value is -2.89. The molecule has 0 saturated carbocycles. The summed E-state index contributed by atoms with van der Waals surface area (Å²) in [5.74, 6) is 0.968. The van der Waals surface area contributed by atoms with Gasteiger partial charge in [0.15, 0.2) is 0 Å². The topological polar surface area (TPSA) is 82.8 Å². The number of rotatable bonds is 3. The number of benzene rings is 1. The molecule has 0 saturated heterocycles. The van der Waals surface area contributed by atoms with Crippen molar-refractivity contribution in [3.8, 4) is 11.4 Å². The fourth-order valence-electron chi connectivity index (χ4n) is 1.73. The molecule has 0 amide bonds. The Labute approximate surface area is 115 Å². The van der Waals surface area contributed by atoms with Crippen molar-refractivity contribution in [1.29, 1.82) is 0 Å².